The van der Waals surface area contributed by atoms with Crippen molar-refractivity contribution in [3.63, 3.8) is 0 Å². The lowest BCUT2D eigenvalue weighted by Crippen LogP contribution is -2.35. The Labute approximate surface area is 128 Å². The summed E-state index contributed by atoms with van der Waals surface area (Å²) >= 11 is 0. The predicted molar refractivity (Wildman–Crippen MR) is 88.6 cm³/mol. The second kappa shape index (κ2) is 6.08. The number of guanidine groups is 1. The standard InChI is InChI=1S/C18H27N3/c1-12(2)14-6-8-15(9-7-14)16-10-17(16)21-18(19)20-11-13-4-3-5-13/h6-9,12-13,16-17H,3-5,10-11H2,1-2H3,(H3,19,20,21). The summed E-state index contributed by atoms with van der Waals surface area (Å²) in [7, 11) is 0. The van der Waals surface area contributed by atoms with Gasteiger partial charge in [-0.15, -0.1) is 0 Å². The predicted octanol–water partition coefficient (Wildman–Crippen LogP) is 3.37. The van der Waals surface area contributed by atoms with Crippen LogP contribution in [0.25, 0.3) is 0 Å². The Hall–Kier alpha value is -1.51. The van der Waals surface area contributed by atoms with E-state index in [4.69, 9.17) is 5.73 Å². The highest BCUT2D eigenvalue weighted by Gasteiger charge is 2.38. The van der Waals surface area contributed by atoms with Crippen LogP contribution in [0.2, 0.25) is 0 Å². The van der Waals surface area contributed by atoms with Gasteiger partial charge in [0.15, 0.2) is 5.96 Å². The molecular weight excluding hydrogens is 258 g/mol. The van der Waals surface area contributed by atoms with Crippen molar-refractivity contribution in [3.05, 3.63) is 35.4 Å². The SMILES string of the molecule is CC(C)c1ccc(C2CC2NC(N)=NCC2CCC2)cc1. The Bertz CT molecular complexity index is 500. The Balaban J connectivity index is 1.49. The van der Waals surface area contributed by atoms with E-state index >= 15 is 0 Å². The Kier molecular flexibility index (Phi) is 4.18. The molecule has 21 heavy (non-hydrogen) atoms. The molecule has 3 nitrogen and oxygen atoms in total. The van der Waals surface area contributed by atoms with Gasteiger partial charge in [0.2, 0.25) is 0 Å². The third-order valence-electron chi connectivity index (χ3n) is 4.90. The number of rotatable bonds is 5. The molecule has 2 aliphatic carbocycles. The second-order valence-corrected chi connectivity index (χ2v) is 6.94. The largest absolute Gasteiger partial charge is 0.370 e. The zero-order valence-corrected chi connectivity index (χ0v) is 13.2. The quantitative estimate of drug-likeness (QED) is 0.644. The van der Waals surface area contributed by atoms with Crippen LogP contribution in [0.3, 0.4) is 0 Å². The molecule has 2 saturated carbocycles. The Morgan fingerprint density at radius 2 is 2.00 bits per heavy atom. The fourth-order valence-corrected chi connectivity index (χ4v) is 2.99. The molecule has 0 saturated heterocycles. The molecule has 0 aliphatic heterocycles. The number of hydrogen-bond donors (Lipinski definition) is 2. The summed E-state index contributed by atoms with van der Waals surface area (Å²) in [6.07, 6.45) is 5.18. The number of nitrogens with one attached hydrogen (secondary N) is 1. The third-order valence-corrected chi connectivity index (χ3v) is 4.90. The van der Waals surface area contributed by atoms with Gasteiger partial charge >= 0.3 is 0 Å². The third kappa shape index (κ3) is 3.58. The molecule has 0 amide bonds. The van der Waals surface area contributed by atoms with Gasteiger partial charge in [0.05, 0.1) is 0 Å². The molecular formula is C18H27N3. The van der Waals surface area contributed by atoms with E-state index in [-0.39, 0.29) is 0 Å². The van der Waals surface area contributed by atoms with Gasteiger partial charge in [0.25, 0.3) is 0 Å². The highest BCUT2D eigenvalue weighted by atomic mass is 15.1. The molecule has 1 aromatic rings. The van der Waals surface area contributed by atoms with Crippen LogP contribution in [0, 0.1) is 5.92 Å². The first-order chi connectivity index (χ1) is 10.1. The monoisotopic (exact) mass is 285 g/mol. The normalized spacial score (nSPS) is 25.8. The molecule has 2 aliphatic rings. The number of aliphatic imine (C=N–C) groups is 1. The highest BCUT2D eigenvalue weighted by molar-refractivity contribution is 5.78. The van der Waals surface area contributed by atoms with Crippen LogP contribution in [0.15, 0.2) is 29.3 Å². The van der Waals surface area contributed by atoms with E-state index in [1.165, 1.54) is 36.8 Å². The van der Waals surface area contributed by atoms with Crippen molar-refractivity contribution in [2.24, 2.45) is 16.6 Å². The first-order valence-electron chi connectivity index (χ1n) is 8.30. The smallest absolute Gasteiger partial charge is 0.188 e. The molecule has 2 unspecified atom stereocenters. The van der Waals surface area contributed by atoms with E-state index in [9.17, 15) is 0 Å². The molecule has 0 spiro atoms. The minimum Gasteiger partial charge on any atom is -0.370 e. The van der Waals surface area contributed by atoms with Gasteiger partial charge < -0.3 is 11.1 Å². The molecule has 0 aromatic heterocycles. The molecule has 2 atom stereocenters. The maximum Gasteiger partial charge on any atom is 0.188 e. The van der Waals surface area contributed by atoms with Crippen molar-refractivity contribution in [3.8, 4) is 0 Å². The van der Waals surface area contributed by atoms with Gasteiger partial charge in [-0.1, -0.05) is 44.5 Å². The molecule has 3 rings (SSSR count). The van der Waals surface area contributed by atoms with Crippen LogP contribution in [0.1, 0.15) is 62.5 Å². The summed E-state index contributed by atoms with van der Waals surface area (Å²) in [6.45, 7) is 5.37. The van der Waals surface area contributed by atoms with Crippen molar-refractivity contribution in [2.75, 3.05) is 6.54 Å². The van der Waals surface area contributed by atoms with Gasteiger partial charge in [-0.25, -0.2) is 0 Å². The molecule has 3 N–H and O–H groups in total. The van der Waals surface area contributed by atoms with E-state index in [0.29, 0.717) is 23.8 Å². The van der Waals surface area contributed by atoms with Gasteiger partial charge in [-0.3, -0.25) is 4.99 Å². The lowest BCUT2D eigenvalue weighted by Gasteiger charge is -2.23. The van der Waals surface area contributed by atoms with Gasteiger partial charge in [0.1, 0.15) is 0 Å². The number of nitrogens with zero attached hydrogens (tertiary/aromatic N) is 1. The summed E-state index contributed by atoms with van der Waals surface area (Å²) in [4.78, 5) is 4.48. The summed E-state index contributed by atoms with van der Waals surface area (Å²) in [5.41, 5.74) is 8.81. The minimum atomic E-state index is 0.472. The summed E-state index contributed by atoms with van der Waals surface area (Å²) in [5, 5.41) is 3.37. The fourth-order valence-electron chi connectivity index (χ4n) is 2.99. The minimum absolute atomic E-state index is 0.472. The molecule has 1 aromatic carbocycles. The van der Waals surface area contributed by atoms with Crippen molar-refractivity contribution < 1.29 is 0 Å². The van der Waals surface area contributed by atoms with Crippen molar-refractivity contribution in [2.45, 2.75) is 57.4 Å². The van der Waals surface area contributed by atoms with Crippen LogP contribution < -0.4 is 11.1 Å². The number of benzene rings is 1. The van der Waals surface area contributed by atoms with Crippen LogP contribution in [0.5, 0.6) is 0 Å². The summed E-state index contributed by atoms with van der Waals surface area (Å²) < 4.78 is 0. The summed E-state index contributed by atoms with van der Waals surface area (Å²) in [6, 6.07) is 9.51. The molecule has 3 heteroatoms. The van der Waals surface area contributed by atoms with E-state index in [1.54, 1.807) is 0 Å². The number of nitrogens with two attached hydrogens (primary N) is 1. The van der Waals surface area contributed by atoms with Crippen LogP contribution in [0.4, 0.5) is 0 Å². The van der Waals surface area contributed by atoms with E-state index in [0.717, 1.165) is 12.5 Å². The molecule has 2 fully saturated rings. The van der Waals surface area contributed by atoms with E-state index in [1.807, 2.05) is 0 Å². The van der Waals surface area contributed by atoms with Gasteiger partial charge in [0, 0.05) is 18.5 Å². The lowest BCUT2D eigenvalue weighted by atomic mass is 9.86. The van der Waals surface area contributed by atoms with Crippen molar-refractivity contribution in [1.82, 2.24) is 5.32 Å². The van der Waals surface area contributed by atoms with Crippen LogP contribution >= 0.6 is 0 Å². The number of hydrogen-bond acceptors (Lipinski definition) is 1. The van der Waals surface area contributed by atoms with Crippen molar-refractivity contribution in [1.29, 1.82) is 0 Å². The molecule has 0 radical (unpaired) electrons. The van der Waals surface area contributed by atoms with E-state index in [2.05, 4.69) is 48.4 Å². The van der Waals surface area contributed by atoms with Gasteiger partial charge in [-0.2, -0.15) is 0 Å². The van der Waals surface area contributed by atoms with Crippen LogP contribution in [-0.4, -0.2) is 18.5 Å². The Morgan fingerprint density at radius 1 is 1.29 bits per heavy atom. The maximum atomic E-state index is 5.98. The van der Waals surface area contributed by atoms with Crippen molar-refractivity contribution >= 4 is 5.96 Å². The first kappa shape index (κ1) is 14.4. The molecule has 114 valence electrons. The molecule has 0 heterocycles. The first-order valence-corrected chi connectivity index (χ1v) is 8.30. The zero-order chi connectivity index (χ0) is 14.8. The van der Waals surface area contributed by atoms with Crippen LogP contribution in [-0.2, 0) is 0 Å². The maximum absolute atomic E-state index is 5.98. The Morgan fingerprint density at radius 3 is 2.57 bits per heavy atom. The second-order valence-electron chi connectivity index (χ2n) is 6.94. The topological polar surface area (TPSA) is 50.4 Å². The summed E-state index contributed by atoms with van der Waals surface area (Å²) in [5.74, 6) is 2.61. The zero-order valence-electron chi connectivity index (χ0n) is 13.2. The fraction of sp³-hybridized carbons (Fsp3) is 0.611. The average molecular weight is 285 g/mol. The van der Waals surface area contributed by atoms with Gasteiger partial charge in [-0.05, 0) is 42.2 Å². The van der Waals surface area contributed by atoms with E-state index < -0.39 is 0 Å². The average Bonchev–Trinajstić information content (AvgIpc) is 3.16. The molecule has 0 bridgehead atoms. The highest BCUT2D eigenvalue weighted by Crippen LogP contribution is 2.41. The lowest BCUT2D eigenvalue weighted by molar-refractivity contribution is 0.326.